The minimum Gasteiger partial charge on any atom is -0.326 e. The maximum atomic E-state index is 11.6. The van der Waals surface area contributed by atoms with Gasteiger partial charge in [0.15, 0.2) is 9.84 Å². The van der Waals surface area contributed by atoms with Gasteiger partial charge >= 0.3 is 0 Å². The number of amides is 1. The van der Waals surface area contributed by atoms with Crippen molar-refractivity contribution in [1.29, 1.82) is 0 Å². The summed E-state index contributed by atoms with van der Waals surface area (Å²) in [5, 5.41) is 6.04. The number of carbonyl (C=O) groups is 1. The molecular weight excluding hydrogens is 276 g/mol. The molecule has 0 aromatic heterocycles. The molecule has 2 atom stereocenters. The van der Waals surface area contributed by atoms with E-state index in [4.69, 9.17) is 0 Å². The highest BCUT2D eigenvalue weighted by atomic mass is 32.2. The van der Waals surface area contributed by atoms with Crippen molar-refractivity contribution in [3.63, 3.8) is 0 Å². The smallest absolute Gasteiger partial charge is 0.228 e. The van der Waals surface area contributed by atoms with E-state index in [1.165, 1.54) is 0 Å². The number of sulfone groups is 1. The van der Waals surface area contributed by atoms with E-state index in [-0.39, 0.29) is 29.4 Å². The summed E-state index contributed by atoms with van der Waals surface area (Å²) >= 11 is 0. The first kappa shape index (κ1) is 13.6. The highest BCUT2D eigenvalue weighted by molar-refractivity contribution is 7.91. The largest absolute Gasteiger partial charge is 0.326 e. The van der Waals surface area contributed by atoms with Gasteiger partial charge in [-0.05, 0) is 36.6 Å². The third kappa shape index (κ3) is 2.45. The average Bonchev–Trinajstić information content (AvgIpc) is 2.91. The number of hydrogen-bond acceptors (Lipinski definition) is 4. The molecule has 2 unspecified atom stereocenters. The van der Waals surface area contributed by atoms with Gasteiger partial charge in [-0.2, -0.15) is 0 Å². The Morgan fingerprint density at radius 3 is 2.85 bits per heavy atom. The van der Waals surface area contributed by atoms with Crippen LogP contribution in [0.15, 0.2) is 18.2 Å². The summed E-state index contributed by atoms with van der Waals surface area (Å²) in [6, 6.07) is 5.91. The summed E-state index contributed by atoms with van der Waals surface area (Å²) in [6.45, 7) is 0. The summed E-state index contributed by atoms with van der Waals surface area (Å²) in [6.07, 6.45) is 1.10. The van der Waals surface area contributed by atoms with Gasteiger partial charge in [-0.3, -0.25) is 4.79 Å². The Balaban J connectivity index is 1.87. The van der Waals surface area contributed by atoms with Crippen molar-refractivity contribution in [3.8, 4) is 0 Å². The van der Waals surface area contributed by atoms with Crippen LogP contribution >= 0.6 is 0 Å². The van der Waals surface area contributed by atoms with Gasteiger partial charge in [-0.1, -0.05) is 12.1 Å². The molecule has 20 heavy (non-hydrogen) atoms. The first-order chi connectivity index (χ1) is 9.48. The zero-order chi connectivity index (χ0) is 14.3. The van der Waals surface area contributed by atoms with E-state index in [0.717, 1.165) is 16.8 Å². The number of benzene rings is 1. The topological polar surface area (TPSA) is 75.3 Å². The van der Waals surface area contributed by atoms with Crippen LogP contribution in [0.3, 0.4) is 0 Å². The van der Waals surface area contributed by atoms with Crippen molar-refractivity contribution >= 4 is 21.4 Å². The first-order valence-electron chi connectivity index (χ1n) is 6.79. The molecule has 1 amide bonds. The molecule has 6 heteroatoms. The Bertz CT molecular complexity index is 654. The first-order valence-corrected chi connectivity index (χ1v) is 8.61. The molecular formula is C14H18N2O3S. The number of fused-ring (bicyclic) bond motifs is 1. The lowest BCUT2D eigenvalue weighted by Crippen LogP contribution is -2.26. The molecule has 2 aliphatic heterocycles. The van der Waals surface area contributed by atoms with Crippen molar-refractivity contribution in [2.24, 2.45) is 5.92 Å². The SMILES string of the molecule is CNC(c1ccc2c(c1)CC(=O)N2)C1CCS(=O)(=O)C1. The van der Waals surface area contributed by atoms with Crippen molar-refractivity contribution < 1.29 is 13.2 Å². The number of rotatable bonds is 3. The van der Waals surface area contributed by atoms with Gasteiger partial charge in [0.05, 0.1) is 17.9 Å². The summed E-state index contributed by atoms with van der Waals surface area (Å²) in [5.41, 5.74) is 2.92. The standard InChI is InChI=1S/C14H18N2O3S/c1-15-14(10-4-5-20(18,19)8-10)9-2-3-12-11(6-9)7-13(17)16-12/h2-3,6,10,14-15H,4-5,7-8H2,1H3,(H,16,17). The van der Waals surface area contributed by atoms with E-state index in [2.05, 4.69) is 10.6 Å². The van der Waals surface area contributed by atoms with Crippen LogP contribution in [-0.2, 0) is 21.1 Å². The monoisotopic (exact) mass is 294 g/mol. The Morgan fingerprint density at radius 1 is 1.40 bits per heavy atom. The van der Waals surface area contributed by atoms with Gasteiger partial charge in [0.25, 0.3) is 0 Å². The molecule has 0 saturated carbocycles. The van der Waals surface area contributed by atoms with Gasteiger partial charge in [-0.15, -0.1) is 0 Å². The van der Waals surface area contributed by atoms with Gasteiger partial charge < -0.3 is 10.6 Å². The van der Waals surface area contributed by atoms with Crippen LogP contribution in [0.2, 0.25) is 0 Å². The van der Waals surface area contributed by atoms with Crippen LogP contribution in [0.4, 0.5) is 5.69 Å². The quantitative estimate of drug-likeness (QED) is 0.867. The highest BCUT2D eigenvalue weighted by Gasteiger charge is 2.34. The average molecular weight is 294 g/mol. The van der Waals surface area contributed by atoms with Crippen molar-refractivity contribution in [1.82, 2.24) is 5.32 Å². The van der Waals surface area contributed by atoms with E-state index < -0.39 is 9.84 Å². The third-order valence-corrected chi connectivity index (χ3v) is 5.96. The van der Waals surface area contributed by atoms with Crippen LogP contribution in [0.1, 0.15) is 23.6 Å². The van der Waals surface area contributed by atoms with E-state index in [1.807, 2.05) is 25.2 Å². The molecule has 0 spiro atoms. The summed E-state index contributed by atoms with van der Waals surface area (Å²) < 4.78 is 23.3. The van der Waals surface area contributed by atoms with E-state index in [0.29, 0.717) is 12.8 Å². The number of hydrogen-bond donors (Lipinski definition) is 2. The van der Waals surface area contributed by atoms with Gasteiger partial charge in [0, 0.05) is 11.7 Å². The fourth-order valence-corrected chi connectivity index (χ4v) is 5.04. The third-order valence-electron chi connectivity index (χ3n) is 4.16. The van der Waals surface area contributed by atoms with Gasteiger partial charge in [0.1, 0.15) is 0 Å². The van der Waals surface area contributed by atoms with E-state index >= 15 is 0 Å². The van der Waals surface area contributed by atoms with Crippen molar-refractivity contribution in [3.05, 3.63) is 29.3 Å². The maximum absolute atomic E-state index is 11.6. The number of anilines is 1. The van der Waals surface area contributed by atoms with E-state index in [9.17, 15) is 13.2 Å². The molecule has 5 nitrogen and oxygen atoms in total. The summed E-state index contributed by atoms with van der Waals surface area (Å²) in [7, 11) is -1.03. The second-order valence-corrected chi connectivity index (χ2v) is 7.80. The highest BCUT2D eigenvalue weighted by Crippen LogP contribution is 2.34. The molecule has 1 aromatic carbocycles. The molecule has 2 heterocycles. The molecule has 2 aliphatic rings. The maximum Gasteiger partial charge on any atom is 0.228 e. The number of carbonyl (C=O) groups excluding carboxylic acids is 1. The zero-order valence-corrected chi connectivity index (χ0v) is 12.2. The van der Waals surface area contributed by atoms with Crippen LogP contribution in [0, 0.1) is 5.92 Å². The fourth-order valence-electron chi connectivity index (χ4n) is 3.20. The van der Waals surface area contributed by atoms with Crippen LogP contribution in [-0.4, -0.2) is 32.9 Å². The number of nitrogens with one attached hydrogen (secondary N) is 2. The summed E-state index contributed by atoms with van der Waals surface area (Å²) in [5.74, 6) is 0.642. The Hall–Kier alpha value is -1.40. The lowest BCUT2D eigenvalue weighted by molar-refractivity contribution is -0.115. The lowest BCUT2D eigenvalue weighted by atomic mass is 9.91. The predicted octanol–water partition coefficient (Wildman–Crippen LogP) is 0.876. The predicted molar refractivity (Wildman–Crippen MR) is 77.3 cm³/mol. The zero-order valence-electron chi connectivity index (χ0n) is 11.3. The minimum atomic E-state index is -2.89. The Labute approximate surface area is 118 Å². The van der Waals surface area contributed by atoms with Crippen molar-refractivity contribution in [2.45, 2.75) is 18.9 Å². The molecule has 108 valence electrons. The normalized spacial score (nSPS) is 25.2. The summed E-state index contributed by atoms with van der Waals surface area (Å²) in [4.78, 5) is 11.4. The second-order valence-electron chi connectivity index (χ2n) is 5.57. The van der Waals surface area contributed by atoms with Crippen LogP contribution < -0.4 is 10.6 Å². The second kappa shape index (κ2) is 4.86. The molecule has 3 rings (SSSR count). The molecule has 2 N–H and O–H groups in total. The molecule has 1 aromatic rings. The lowest BCUT2D eigenvalue weighted by Gasteiger charge is -2.23. The minimum absolute atomic E-state index is 0.0154. The van der Waals surface area contributed by atoms with Crippen LogP contribution in [0.5, 0.6) is 0 Å². The van der Waals surface area contributed by atoms with Gasteiger partial charge in [0.2, 0.25) is 5.91 Å². The van der Waals surface area contributed by atoms with Gasteiger partial charge in [-0.25, -0.2) is 8.42 Å². The molecule has 0 aliphatic carbocycles. The molecule has 1 saturated heterocycles. The molecule has 0 bridgehead atoms. The molecule has 0 radical (unpaired) electrons. The van der Waals surface area contributed by atoms with E-state index in [1.54, 1.807) is 0 Å². The fraction of sp³-hybridized carbons (Fsp3) is 0.500. The Kier molecular flexibility index (Phi) is 3.30. The van der Waals surface area contributed by atoms with Crippen molar-refractivity contribution in [2.75, 3.05) is 23.9 Å². The Morgan fingerprint density at radius 2 is 2.20 bits per heavy atom. The molecule has 1 fully saturated rings. The van der Waals surface area contributed by atoms with Crippen LogP contribution in [0.25, 0.3) is 0 Å².